The number of rotatable bonds is 15. The molecule has 0 spiro atoms. The minimum absolute atomic E-state index is 0.130. The van der Waals surface area contributed by atoms with Gasteiger partial charge in [0, 0.05) is 36.0 Å². The summed E-state index contributed by atoms with van der Waals surface area (Å²) in [5, 5.41) is 9.54. The summed E-state index contributed by atoms with van der Waals surface area (Å²) >= 11 is 18.9. The smallest absolute Gasteiger partial charge is 0.253 e. The minimum Gasteiger partial charge on any atom is -0.399 e. The van der Waals surface area contributed by atoms with E-state index in [9.17, 15) is 9.59 Å². The van der Waals surface area contributed by atoms with Crippen LogP contribution in [0.1, 0.15) is 65.9 Å². The molecule has 2 aromatic rings. The summed E-state index contributed by atoms with van der Waals surface area (Å²) in [6.07, 6.45) is 6.54. The van der Waals surface area contributed by atoms with Crippen LogP contribution >= 0.6 is 34.8 Å². The van der Waals surface area contributed by atoms with Crippen molar-refractivity contribution in [2.24, 2.45) is 5.16 Å². The number of piperidine rings is 1. The predicted octanol–water partition coefficient (Wildman–Crippen LogP) is 6.63. The summed E-state index contributed by atoms with van der Waals surface area (Å²) in [6, 6.07) is 11.5. The summed E-state index contributed by atoms with van der Waals surface area (Å²) in [5.41, 5.74) is 3.15. The Balaban J connectivity index is 1.69. The zero-order chi connectivity index (χ0) is 29.8. The van der Waals surface area contributed by atoms with Gasteiger partial charge >= 0.3 is 0 Å². The van der Waals surface area contributed by atoms with Gasteiger partial charge in [0.2, 0.25) is 0 Å². The lowest BCUT2D eigenvalue weighted by molar-refractivity contribution is -0.107. The first-order chi connectivity index (χ1) is 19.7. The molecular weight excluding hydrogens is 583 g/mol. The molecule has 1 fully saturated rings. The van der Waals surface area contributed by atoms with E-state index in [2.05, 4.69) is 15.4 Å². The number of hydrogen-bond donors (Lipinski definition) is 1. The molecule has 0 aromatic heterocycles. The lowest BCUT2D eigenvalue weighted by Gasteiger charge is -2.34. The summed E-state index contributed by atoms with van der Waals surface area (Å²) in [4.78, 5) is 33.2. The minimum atomic E-state index is -0.145. The number of nitrogens with one attached hydrogen (secondary N) is 1. The molecule has 224 valence electrons. The van der Waals surface area contributed by atoms with Crippen LogP contribution in [0.25, 0.3) is 0 Å². The monoisotopic (exact) mass is 622 g/mol. The number of carbonyl (C=O) groups excluding carboxylic acids is 2. The molecule has 3 rings (SSSR count). The summed E-state index contributed by atoms with van der Waals surface area (Å²) in [7, 11) is 3.27. The Kier molecular flexibility index (Phi) is 13.9. The van der Waals surface area contributed by atoms with E-state index in [1.165, 1.54) is 7.11 Å². The standard InChI is InChI=1S/C31H41Cl3N4O3/c1-22-17-24(19-25(32)18-22)31(40)37(2)21-30(36-41-3)27(23-7-8-28(33)29(34)20-23)11-15-38-13-9-26(10-14-38)35-12-5-4-6-16-39/h7-8,16-20,26-27,35H,4-6,9-15,21H2,1-3H3/b36-30+. The maximum absolute atomic E-state index is 13.3. The Morgan fingerprint density at radius 1 is 1.15 bits per heavy atom. The van der Waals surface area contributed by atoms with Crippen LogP contribution in [0.4, 0.5) is 0 Å². The van der Waals surface area contributed by atoms with E-state index < -0.39 is 0 Å². The van der Waals surface area contributed by atoms with Gasteiger partial charge in [-0.2, -0.15) is 0 Å². The van der Waals surface area contributed by atoms with Crippen molar-refractivity contribution in [1.29, 1.82) is 0 Å². The Morgan fingerprint density at radius 3 is 2.56 bits per heavy atom. The fourth-order valence-corrected chi connectivity index (χ4v) is 5.90. The van der Waals surface area contributed by atoms with Gasteiger partial charge < -0.3 is 24.7 Å². The predicted molar refractivity (Wildman–Crippen MR) is 169 cm³/mol. The zero-order valence-electron chi connectivity index (χ0n) is 24.2. The second kappa shape index (κ2) is 17.1. The highest BCUT2D eigenvalue weighted by molar-refractivity contribution is 6.42. The van der Waals surface area contributed by atoms with Crippen molar-refractivity contribution < 1.29 is 14.4 Å². The van der Waals surface area contributed by atoms with Crippen LogP contribution in [0.5, 0.6) is 0 Å². The number of likely N-dealkylation sites (tertiary alicyclic amines) is 1. The van der Waals surface area contributed by atoms with Crippen LogP contribution in [-0.4, -0.2) is 80.6 Å². The van der Waals surface area contributed by atoms with Crippen molar-refractivity contribution in [1.82, 2.24) is 15.1 Å². The molecular formula is C31H41Cl3N4O3. The van der Waals surface area contributed by atoms with Gasteiger partial charge in [-0.3, -0.25) is 4.79 Å². The number of benzene rings is 2. The van der Waals surface area contributed by atoms with Gasteiger partial charge in [0.1, 0.15) is 13.4 Å². The SMILES string of the molecule is CO/N=C(\CN(C)C(=O)c1cc(C)cc(Cl)c1)C(CCN1CCC(NCCCCC=O)CC1)c1ccc(Cl)c(Cl)c1. The maximum Gasteiger partial charge on any atom is 0.253 e. The average Bonchev–Trinajstić information content (AvgIpc) is 2.94. The van der Waals surface area contributed by atoms with Crippen molar-refractivity contribution in [2.75, 3.05) is 46.9 Å². The van der Waals surface area contributed by atoms with Gasteiger partial charge in [0.25, 0.3) is 5.91 Å². The summed E-state index contributed by atoms with van der Waals surface area (Å²) in [5.74, 6) is -0.275. The Bertz CT molecular complexity index is 1160. The number of amides is 1. The van der Waals surface area contributed by atoms with E-state index in [-0.39, 0.29) is 18.4 Å². The van der Waals surface area contributed by atoms with Gasteiger partial charge in [-0.25, -0.2) is 0 Å². The third-order valence-corrected chi connectivity index (χ3v) is 8.45. The lowest BCUT2D eigenvalue weighted by Crippen LogP contribution is -2.43. The molecule has 1 aliphatic rings. The number of nitrogens with zero attached hydrogens (tertiary/aromatic N) is 3. The highest BCUT2D eigenvalue weighted by Gasteiger charge is 2.26. The van der Waals surface area contributed by atoms with E-state index >= 15 is 0 Å². The number of oxime groups is 1. The molecule has 1 N–H and O–H groups in total. The number of hydrogen-bond acceptors (Lipinski definition) is 6. The molecule has 41 heavy (non-hydrogen) atoms. The molecule has 1 unspecified atom stereocenters. The average molecular weight is 624 g/mol. The van der Waals surface area contributed by atoms with Crippen molar-refractivity contribution >= 4 is 52.7 Å². The number of halogens is 3. The van der Waals surface area contributed by atoms with E-state index in [1.807, 2.05) is 31.2 Å². The number of unbranched alkanes of at least 4 members (excludes halogenated alkanes) is 2. The fourth-order valence-electron chi connectivity index (χ4n) is 5.30. The largest absolute Gasteiger partial charge is 0.399 e. The molecule has 10 heteroatoms. The molecule has 0 saturated carbocycles. The van der Waals surface area contributed by atoms with Crippen molar-refractivity contribution in [3.05, 3.63) is 68.2 Å². The molecule has 0 aliphatic carbocycles. The van der Waals surface area contributed by atoms with Gasteiger partial charge in [-0.15, -0.1) is 0 Å². The van der Waals surface area contributed by atoms with Gasteiger partial charge in [0.05, 0.1) is 22.3 Å². The lowest BCUT2D eigenvalue weighted by atomic mass is 9.89. The highest BCUT2D eigenvalue weighted by Crippen LogP contribution is 2.30. The first kappa shape index (κ1) is 33.3. The van der Waals surface area contributed by atoms with E-state index in [0.29, 0.717) is 33.1 Å². The van der Waals surface area contributed by atoms with Crippen LogP contribution in [0, 0.1) is 6.92 Å². The van der Waals surface area contributed by atoms with Crippen LogP contribution in [0.2, 0.25) is 15.1 Å². The van der Waals surface area contributed by atoms with Gasteiger partial charge in [-0.1, -0.05) is 46.0 Å². The summed E-state index contributed by atoms with van der Waals surface area (Å²) in [6.45, 7) is 6.02. The van der Waals surface area contributed by atoms with Crippen molar-refractivity contribution in [2.45, 2.75) is 57.4 Å². The zero-order valence-corrected chi connectivity index (χ0v) is 26.4. The molecule has 1 heterocycles. The molecule has 0 radical (unpaired) electrons. The normalized spacial score (nSPS) is 15.5. The molecule has 2 aromatic carbocycles. The third-order valence-electron chi connectivity index (χ3n) is 7.50. The highest BCUT2D eigenvalue weighted by atomic mass is 35.5. The maximum atomic E-state index is 13.3. The first-order valence-electron chi connectivity index (χ1n) is 14.2. The van der Waals surface area contributed by atoms with E-state index in [1.54, 1.807) is 24.1 Å². The Labute approximate surface area is 259 Å². The van der Waals surface area contributed by atoms with Gasteiger partial charge in [0.15, 0.2) is 0 Å². The fraction of sp³-hybridized carbons (Fsp3) is 0.516. The molecule has 1 saturated heterocycles. The first-order valence-corrected chi connectivity index (χ1v) is 15.3. The second-order valence-electron chi connectivity index (χ2n) is 10.7. The van der Waals surface area contributed by atoms with E-state index in [4.69, 9.17) is 39.6 Å². The number of aryl methyl sites for hydroxylation is 1. The summed E-state index contributed by atoms with van der Waals surface area (Å²) < 4.78 is 0. The van der Waals surface area contributed by atoms with Crippen molar-refractivity contribution in [3.8, 4) is 0 Å². The number of carbonyl (C=O) groups is 2. The molecule has 1 amide bonds. The van der Waals surface area contributed by atoms with Gasteiger partial charge in [-0.05, 0) is 107 Å². The Morgan fingerprint density at radius 2 is 1.90 bits per heavy atom. The molecule has 1 atom stereocenters. The van der Waals surface area contributed by atoms with Crippen LogP contribution in [0.15, 0.2) is 41.6 Å². The molecule has 7 nitrogen and oxygen atoms in total. The topological polar surface area (TPSA) is 74.2 Å². The van der Waals surface area contributed by atoms with E-state index in [0.717, 1.165) is 81.4 Å². The molecule has 0 bridgehead atoms. The second-order valence-corrected chi connectivity index (χ2v) is 11.9. The Hall–Kier alpha value is -2.16. The third kappa shape index (κ3) is 10.6. The number of aldehydes is 1. The van der Waals surface area contributed by atoms with Crippen molar-refractivity contribution in [3.63, 3.8) is 0 Å². The van der Waals surface area contributed by atoms with Crippen LogP contribution in [-0.2, 0) is 9.63 Å². The molecule has 1 aliphatic heterocycles. The quantitative estimate of drug-likeness (QED) is 0.104. The van der Waals surface area contributed by atoms with Crippen LogP contribution < -0.4 is 5.32 Å². The van der Waals surface area contributed by atoms with Crippen LogP contribution in [0.3, 0.4) is 0 Å².